The molecule has 134 valence electrons. The summed E-state index contributed by atoms with van der Waals surface area (Å²) in [4.78, 5) is 15.7. The lowest BCUT2D eigenvalue weighted by Gasteiger charge is -2.22. The fourth-order valence-electron chi connectivity index (χ4n) is 3.03. The number of rotatable bonds is 8. The number of carbonyl (C=O) groups excluding carboxylic acids is 1. The molecule has 0 aliphatic rings. The fourth-order valence-corrected chi connectivity index (χ4v) is 3.73. The van der Waals surface area contributed by atoms with Crippen LogP contribution in [0.5, 0.6) is 0 Å². The van der Waals surface area contributed by atoms with Crippen molar-refractivity contribution in [2.75, 3.05) is 6.54 Å². The molecule has 0 aliphatic carbocycles. The van der Waals surface area contributed by atoms with E-state index < -0.39 is 0 Å². The van der Waals surface area contributed by atoms with E-state index in [0.717, 1.165) is 17.1 Å². The van der Waals surface area contributed by atoms with Crippen molar-refractivity contribution in [1.82, 2.24) is 9.47 Å². The number of aromatic nitrogens is 1. The fraction of sp³-hybridized carbons (Fsp3) is 0.227. The lowest BCUT2D eigenvalue weighted by molar-refractivity contribution is -0.130. The van der Waals surface area contributed by atoms with Gasteiger partial charge < -0.3 is 9.47 Å². The summed E-state index contributed by atoms with van der Waals surface area (Å²) in [6, 6.07) is 16.7. The van der Waals surface area contributed by atoms with Gasteiger partial charge in [0.25, 0.3) is 0 Å². The van der Waals surface area contributed by atoms with Gasteiger partial charge in [-0.1, -0.05) is 42.0 Å². The third-order valence-corrected chi connectivity index (χ3v) is 5.20. The Bertz CT molecular complexity index is 864. The van der Waals surface area contributed by atoms with Crippen LogP contribution in [-0.4, -0.2) is 21.9 Å². The molecule has 0 atom stereocenters. The zero-order valence-corrected chi connectivity index (χ0v) is 15.9. The van der Waals surface area contributed by atoms with Crippen LogP contribution in [0.3, 0.4) is 0 Å². The van der Waals surface area contributed by atoms with E-state index in [4.69, 9.17) is 0 Å². The zero-order chi connectivity index (χ0) is 18.4. The van der Waals surface area contributed by atoms with Gasteiger partial charge in [0.1, 0.15) is 0 Å². The molecule has 0 saturated carbocycles. The van der Waals surface area contributed by atoms with Gasteiger partial charge in [0.05, 0.1) is 13.0 Å². The molecule has 26 heavy (non-hydrogen) atoms. The van der Waals surface area contributed by atoms with Crippen LogP contribution in [0, 0.1) is 6.92 Å². The summed E-state index contributed by atoms with van der Waals surface area (Å²) in [5, 5.41) is 2.01. The molecular formula is C22H24N2OS. The predicted molar refractivity (Wildman–Crippen MR) is 108 cm³/mol. The van der Waals surface area contributed by atoms with Crippen LogP contribution in [-0.2, 0) is 24.3 Å². The predicted octanol–water partition coefficient (Wildman–Crippen LogP) is 4.66. The SMILES string of the molecule is C=CCN(Cc1cccn1Cc1cccc(C)c1)C(=O)Cc1cccs1. The van der Waals surface area contributed by atoms with Crippen LogP contribution in [0.1, 0.15) is 21.7 Å². The minimum atomic E-state index is 0.135. The van der Waals surface area contributed by atoms with Gasteiger partial charge in [-0.15, -0.1) is 17.9 Å². The first-order chi connectivity index (χ1) is 12.7. The van der Waals surface area contributed by atoms with Crippen LogP contribution in [0.15, 0.2) is 72.8 Å². The molecule has 0 aliphatic heterocycles. The highest BCUT2D eigenvalue weighted by Crippen LogP contribution is 2.15. The summed E-state index contributed by atoms with van der Waals surface area (Å²) in [6.07, 6.45) is 4.32. The Morgan fingerprint density at radius 3 is 2.85 bits per heavy atom. The lowest BCUT2D eigenvalue weighted by Crippen LogP contribution is -2.32. The molecule has 2 heterocycles. The van der Waals surface area contributed by atoms with Gasteiger partial charge in [0, 0.05) is 29.9 Å². The number of nitrogens with zero attached hydrogens (tertiary/aromatic N) is 2. The van der Waals surface area contributed by atoms with Crippen molar-refractivity contribution in [3.8, 4) is 0 Å². The lowest BCUT2D eigenvalue weighted by atomic mass is 10.1. The standard InChI is InChI=1S/C22H24N2OS/c1-3-11-24(22(25)15-21-10-6-13-26-21)17-20-9-5-12-23(20)16-19-8-4-7-18(2)14-19/h3-10,12-14H,1,11,15-17H2,2H3. The molecule has 1 amide bonds. The summed E-state index contributed by atoms with van der Waals surface area (Å²) in [5.41, 5.74) is 3.66. The van der Waals surface area contributed by atoms with Crippen molar-refractivity contribution in [2.24, 2.45) is 0 Å². The summed E-state index contributed by atoms with van der Waals surface area (Å²) < 4.78 is 2.21. The van der Waals surface area contributed by atoms with Crippen LogP contribution in [0.2, 0.25) is 0 Å². The Morgan fingerprint density at radius 2 is 2.12 bits per heavy atom. The second kappa shape index (κ2) is 8.68. The number of benzene rings is 1. The highest BCUT2D eigenvalue weighted by atomic mass is 32.1. The number of hydrogen-bond donors (Lipinski definition) is 0. The van der Waals surface area contributed by atoms with E-state index in [1.54, 1.807) is 17.4 Å². The van der Waals surface area contributed by atoms with Crippen molar-refractivity contribution < 1.29 is 4.79 Å². The third-order valence-electron chi connectivity index (χ3n) is 4.32. The minimum absolute atomic E-state index is 0.135. The van der Waals surface area contributed by atoms with Crippen molar-refractivity contribution in [3.63, 3.8) is 0 Å². The molecule has 4 heteroatoms. The molecule has 0 fully saturated rings. The Labute approximate surface area is 159 Å². The molecule has 2 aromatic heterocycles. The van der Waals surface area contributed by atoms with E-state index in [-0.39, 0.29) is 5.91 Å². The molecule has 3 nitrogen and oxygen atoms in total. The number of carbonyl (C=O) groups is 1. The van der Waals surface area contributed by atoms with Crippen LogP contribution < -0.4 is 0 Å². The van der Waals surface area contributed by atoms with Gasteiger partial charge in [-0.3, -0.25) is 4.79 Å². The number of thiophene rings is 1. The first-order valence-electron chi connectivity index (χ1n) is 8.76. The Balaban J connectivity index is 1.72. The largest absolute Gasteiger partial charge is 0.345 e. The summed E-state index contributed by atoms with van der Waals surface area (Å²) >= 11 is 1.62. The van der Waals surface area contributed by atoms with E-state index >= 15 is 0 Å². The molecule has 0 saturated heterocycles. The van der Waals surface area contributed by atoms with E-state index in [9.17, 15) is 4.79 Å². The van der Waals surface area contributed by atoms with Gasteiger partial charge in [0.2, 0.25) is 5.91 Å². The average molecular weight is 365 g/mol. The van der Waals surface area contributed by atoms with Crippen LogP contribution in [0.4, 0.5) is 0 Å². The van der Waals surface area contributed by atoms with E-state index in [0.29, 0.717) is 19.5 Å². The van der Waals surface area contributed by atoms with Crippen LogP contribution in [0.25, 0.3) is 0 Å². The molecule has 3 aromatic rings. The van der Waals surface area contributed by atoms with Gasteiger partial charge in [0.15, 0.2) is 0 Å². The molecule has 0 spiro atoms. The first-order valence-corrected chi connectivity index (χ1v) is 9.64. The summed E-state index contributed by atoms with van der Waals surface area (Å²) in [5.74, 6) is 0.135. The number of aryl methyl sites for hydroxylation is 1. The van der Waals surface area contributed by atoms with Crippen LogP contribution >= 0.6 is 11.3 Å². The first kappa shape index (κ1) is 18.2. The number of amides is 1. The maximum atomic E-state index is 12.7. The Hall–Kier alpha value is -2.59. The minimum Gasteiger partial charge on any atom is -0.345 e. The Morgan fingerprint density at radius 1 is 1.23 bits per heavy atom. The highest BCUT2D eigenvalue weighted by molar-refractivity contribution is 7.10. The highest BCUT2D eigenvalue weighted by Gasteiger charge is 2.15. The summed E-state index contributed by atoms with van der Waals surface area (Å²) in [6.45, 7) is 7.88. The van der Waals surface area contributed by atoms with Crippen molar-refractivity contribution in [3.05, 3.63) is 94.5 Å². The molecular weight excluding hydrogens is 340 g/mol. The van der Waals surface area contributed by atoms with E-state index in [2.05, 4.69) is 54.6 Å². The normalized spacial score (nSPS) is 10.7. The quantitative estimate of drug-likeness (QED) is 0.534. The maximum Gasteiger partial charge on any atom is 0.228 e. The van der Waals surface area contributed by atoms with Crippen molar-refractivity contribution >= 4 is 17.2 Å². The average Bonchev–Trinajstić information content (AvgIpc) is 3.27. The summed E-state index contributed by atoms with van der Waals surface area (Å²) in [7, 11) is 0. The third kappa shape index (κ3) is 4.73. The van der Waals surface area contributed by atoms with Gasteiger partial charge in [-0.25, -0.2) is 0 Å². The molecule has 0 bridgehead atoms. The topological polar surface area (TPSA) is 25.2 Å². The molecule has 0 N–H and O–H groups in total. The van der Waals surface area contributed by atoms with Gasteiger partial charge in [-0.2, -0.15) is 0 Å². The molecule has 0 radical (unpaired) electrons. The monoisotopic (exact) mass is 364 g/mol. The Kier molecular flexibility index (Phi) is 6.08. The van der Waals surface area contributed by atoms with Crippen molar-refractivity contribution in [2.45, 2.75) is 26.4 Å². The molecule has 1 aromatic carbocycles. The smallest absolute Gasteiger partial charge is 0.228 e. The van der Waals surface area contributed by atoms with E-state index in [1.165, 1.54) is 11.1 Å². The van der Waals surface area contributed by atoms with E-state index in [1.807, 2.05) is 28.5 Å². The molecule has 3 rings (SSSR count). The second-order valence-corrected chi connectivity index (χ2v) is 7.47. The second-order valence-electron chi connectivity index (χ2n) is 6.44. The maximum absolute atomic E-state index is 12.7. The van der Waals surface area contributed by atoms with Gasteiger partial charge >= 0.3 is 0 Å². The van der Waals surface area contributed by atoms with Crippen molar-refractivity contribution in [1.29, 1.82) is 0 Å². The van der Waals surface area contributed by atoms with Gasteiger partial charge in [-0.05, 0) is 36.1 Å². The molecule has 0 unspecified atom stereocenters. The number of hydrogen-bond acceptors (Lipinski definition) is 2. The zero-order valence-electron chi connectivity index (χ0n) is 15.1.